The normalized spacial score (nSPS) is 10.5. The van der Waals surface area contributed by atoms with Crippen LogP contribution < -0.4 is 30.2 Å². The van der Waals surface area contributed by atoms with Crippen LogP contribution in [0.3, 0.4) is 0 Å². The highest BCUT2D eigenvalue weighted by Crippen LogP contribution is 2.27. The zero-order chi connectivity index (χ0) is 21.8. The van der Waals surface area contributed by atoms with Crippen LogP contribution in [0.2, 0.25) is 0 Å². The van der Waals surface area contributed by atoms with Gasteiger partial charge in [0, 0.05) is 32.3 Å². The Labute approximate surface area is 200 Å². The monoisotopic (exact) mass is 542 g/mol. The number of hydrogen-bond acceptors (Lipinski definition) is 5. The number of benzene rings is 2. The number of nitrogens with zero attached hydrogens (tertiary/aromatic N) is 1. The van der Waals surface area contributed by atoms with Gasteiger partial charge < -0.3 is 30.2 Å². The van der Waals surface area contributed by atoms with Crippen molar-refractivity contribution in [2.45, 2.75) is 13.3 Å². The molecule has 31 heavy (non-hydrogen) atoms. The summed E-state index contributed by atoms with van der Waals surface area (Å²) in [5.74, 6) is 2.72. The molecule has 0 spiro atoms. The molecule has 0 radical (unpaired) electrons. The first-order valence-corrected chi connectivity index (χ1v) is 9.71. The van der Waals surface area contributed by atoms with E-state index in [-0.39, 0.29) is 29.9 Å². The van der Waals surface area contributed by atoms with Gasteiger partial charge in [0.1, 0.15) is 12.4 Å². The number of guanidine groups is 1. The third-order valence-corrected chi connectivity index (χ3v) is 4.20. The van der Waals surface area contributed by atoms with Gasteiger partial charge in [-0.3, -0.25) is 9.79 Å². The van der Waals surface area contributed by atoms with Crippen LogP contribution in [0.1, 0.15) is 12.5 Å². The molecular weight excluding hydrogens is 511 g/mol. The molecule has 0 fully saturated rings. The van der Waals surface area contributed by atoms with Gasteiger partial charge in [0.05, 0.1) is 20.8 Å². The van der Waals surface area contributed by atoms with E-state index >= 15 is 0 Å². The summed E-state index contributed by atoms with van der Waals surface area (Å²) in [6.45, 7) is 3.23. The Balaban J connectivity index is 0.00000480. The van der Waals surface area contributed by atoms with Gasteiger partial charge in [0.15, 0.2) is 17.5 Å². The number of methoxy groups -OCH3 is 2. The number of nitrogens with one attached hydrogen (secondary N) is 3. The van der Waals surface area contributed by atoms with Crippen molar-refractivity contribution in [1.82, 2.24) is 10.6 Å². The second-order valence-electron chi connectivity index (χ2n) is 6.42. The lowest BCUT2D eigenvalue weighted by molar-refractivity contribution is -0.114. The molecular formula is C22H31IN4O4. The lowest BCUT2D eigenvalue weighted by Crippen LogP contribution is -2.40. The van der Waals surface area contributed by atoms with E-state index in [1.165, 1.54) is 6.92 Å². The SMILES string of the molecule is CN=C(NCCOc1cccc(NC(C)=O)c1)NCCc1ccc(OC)c(OC)c1.I. The molecule has 8 nitrogen and oxygen atoms in total. The summed E-state index contributed by atoms with van der Waals surface area (Å²) in [6, 6.07) is 13.2. The van der Waals surface area contributed by atoms with Crippen LogP contribution in [0.4, 0.5) is 5.69 Å². The minimum Gasteiger partial charge on any atom is -0.493 e. The molecule has 0 aliphatic rings. The van der Waals surface area contributed by atoms with Crippen molar-refractivity contribution in [2.24, 2.45) is 4.99 Å². The number of anilines is 1. The van der Waals surface area contributed by atoms with Crippen LogP contribution >= 0.6 is 24.0 Å². The molecule has 0 saturated carbocycles. The van der Waals surface area contributed by atoms with E-state index in [0.717, 1.165) is 24.3 Å². The number of ether oxygens (including phenoxy) is 3. The van der Waals surface area contributed by atoms with Crippen LogP contribution in [-0.4, -0.2) is 52.8 Å². The second-order valence-corrected chi connectivity index (χ2v) is 6.42. The number of rotatable bonds is 10. The van der Waals surface area contributed by atoms with Crippen LogP contribution in [0, 0.1) is 0 Å². The fraction of sp³-hybridized carbons (Fsp3) is 0.364. The first kappa shape index (κ1) is 26.3. The van der Waals surface area contributed by atoms with E-state index in [1.54, 1.807) is 27.3 Å². The molecule has 1 amide bonds. The zero-order valence-electron chi connectivity index (χ0n) is 18.4. The number of carbonyl (C=O) groups excluding carboxylic acids is 1. The van der Waals surface area contributed by atoms with E-state index in [2.05, 4.69) is 20.9 Å². The molecule has 0 bridgehead atoms. The van der Waals surface area contributed by atoms with E-state index < -0.39 is 0 Å². The Kier molecular flexibility index (Phi) is 12.2. The van der Waals surface area contributed by atoms with Crippen molar-refractivity contribution >= 4 is 41.5 Å². The Morgan fingerprint density at radius 1 is 1.00 bits per heavy atom. The van der Waals surface area contributed by atoms with Gasteiger partial charge in [-0.05, 0) is 36.2 Å². The minimum absolute atomic E-state index is 0. The number of hydrogen-bond donors (Lipinski definition) is 3. The van der Waals surface area contributed by atoms with Gasteiger partial charge in [-0.25, -0.2) is 0 Å². The summed E-state index contributed by atoms with van der Waals surface area (Å²) in [4.78, 5) is 15.4. The average molecular weight is 542 g/mol. The number of carbonyl (C=O) groups is 1. The molecule has 3 N–H and O–H groups in total. The van der Waals surface area contributed by atoms with Crippen molar-refractivity contribution in [3.05, 3.63) is 48.0 Å². The van der Waals surface area contributed by atoms with Crippen molar-refractivity contribution in [1.29, 1.82) is 0 Å². The molecule has 0 heterocycles. The van der Waals surface area contributed by atoms with Gasteiger partial charge >= 0.3 is 0 Å². The standard InChI is InChI=1S/C22H30N4O4.HI/c1-16(27)26-18-6-5-7-19(15-18)30-13-12-25-22(23-2)24-11-10-17-8-9-20(28-3)21(14-17)29-4;/h5-9,14-15H,10-13H2,1-4H3,(H,26,27)(H2,23,24,25);1H. The van der Waals surface area contributed by atoms with Crippen LogP contribution in [0.5, 0.6) is 17.2 Å². The largest absolute Gasteiger partial charge is 0.493 e. The van der Waals surface area contributed by atoms with Gasteiger partial charge in [-0.15, -0.1) is 24.0 Å². The van der Waals surface area contributed by atoms with Crippen molar-refractivity contribution in [3.8, 4) is 17.2 Å². The van der Waals surface area contributed by atoms with Gasteiger partial charge in [0.25, 0.3) is 0 Å². The quantitative estimate of drug-likeness (QED) is 0.185. The maximum atomic E-state index is 11.1. The highest BCUT2D eigenvalue weighted by molar-refractivity contribution is 14.0. The third-order valence-electron chi connectivity index (χ3n) is 4.20. The van der Waals surface area contributed by atoms with E-state index in [9.17, 15) is 4.79 Å². The van der Waals surface area contributed by atoms with Gasteiger partial charge in [-0.2, -0.15) is 0 Å². The molecule has 0 unspecified atom stereocenters. The van der Waals surface area contributed by atoms with Gasteiger partial charge in [-0.1, -0.05) is 12.1 Å². The topological polar surface area (TPSA) is 93.2 Å². The summed E-state index contributed by atoms with van der Waals surface area (Å²) < 4.78 is 16.3. The summed E-state index contributed by atoms with van der Waals surface area (Å²) in [5.41, 5.74) is 1.85. The number of aliphatic imine (C=N–C) groups is 1. The summed E-state index contributed by atoms with van der Waals surface area (Å²) in [7, 11) is 4.98. The Morgan fingerprint density at radius 3 is 2.42 bits per heavy atom. The fourth-order valence-corrected chi connectivity index (χ4v) is 2.79. The smallest absolute Gasteiger partial charge is 0.221 e. The summed E-state index contributed by atoms with van der Waals surface area (Å²) in [5, 5.41) is 9.22. The first-order chi connectivity index (χ1) is 14.5. The van der Waals surface area contributed by atoms with Crippen molar-refractivity contribution in [2.75, 3.05) is 46.3 Å². The number of amides is 1. The third kappa shape index (κ3) is 9.33. The zero-order valence-corrected chi connectivity index (χ0v) is 20.7. The van der Waals surface area contributed by atoms with Crippen LogP contribution in [-0.2, 0) is 11.2 Å². The predicted molar refractivity (Wildman–Crippen MR) is 134 cm³/mol. The lowest BCUT2D eigenvalue weighted by Gasteiger charge is -2.13. The first-order valence-electron chi connectivity index (χ1n) is 9.71. The Hall–Kier alpha value is -2.69. The van der Waals surface area contributed by atoms with Crippen LogP contribution in [0.25, 0.3) is 0 Å². The van der Waals surface area contributed by atoms with E-state index in [1.807, 2.05) is 36.4 Å². The Bertz CT molecular complexity index is 861. The highest BCUT2D eigenvalue weighted by atomic mass is 127. The number of halogens is 1. The maximum Gasteiger partial charge on any atom is 0.221 e. The van der Waals surface area contributed by atoms with Crippen molar-refractivity contribution in [3.63, 3.8) is 0 Å². The molecule has 2 aromatic rings. The molecule has 0 atom stereocenters. The highest BCUT2D eigenvalue weighted by Gasteiger charge is 2.05. The average Bonchev–Trinajstić information content (AvgIpc) is 2.75. The molecule has 0 saturated heterocycles. The maximum absolute atomic E-state index is 11.1. The predicted octanol–water partition coefficient (Wildman–Crippen LogP) is 3.07. The molecule has 0 aromatic heterocycles. The molecule has 9 heteroatoms. The van der Waals surface area contributed by atoms with E-state index in [4.69, 9.17) is 14.2 Å². The summed E-state index contributed by atoms with van der Waals surface area (Å²) >= 11 is 0. The molecule has 0 aliphatic carbocycles. The lowest BCUT2D eigenvalue weighted by atomic mass is 10.1. The summed E-state index contributed by atoms with van der Waals surface area (Å²) in [6.07, 6.45) is 0.813. The molecule has 2 aromatic carbocycles. The Morgan fingerprint density at radius 2 is 1.74 bits per heavy atom. The minimum atomic E-state index is -0.114. The fourth-order valence-electron chi connectivity index (χ4n) is 2.79. The van der Waals surface area contributed by atoms with E-state index in [0.29, 0.717) is 36.3 Å². The van der Waals surface area contributed by atoms with Gasteiger partial charge in [0.2, 0.25) is 5.91 Å². The second kappa shape index (κ2) is 14.3. The molecule has 170 valence electrons. The van der Waals surface area contributed by atoms with Crippen molar-refractivity contribution < 1.29 is 19.0 Å². The molecule has 2 rings (SSSR count). The van der Waals surface area contributed by atoms with Crippen LogP contribution in [0.15, 0.2) is 47.5 Å². The molecule has 0 aliphatic heterocycles.